The van der Waals surface area contributed by atoms with Crippen LogP contribution in [0.2, 0.25) is 0 Å². The normalized spacial score (nSPS) is 11.3. The van der Waals surface area contributed by atoms with Gasteiger partial charge in [0.25, 0.3) is 0 Å². The van der Waals surface area contributed by atoms with Crippen LogP contribution in [0.15, 0.2) is 77.7 Å². The van der Waals surface area contributed by atoms with Crippen LogP contribution >= 0.6 is 0 Å². The van der Waals surface area contributed by atoms with E-state index in [2.05, 4.69) is 20.4 Å². The molecule has 7 nitrogen and oxygen atoms in total. The van der Waals surface area contributed by atoms with Crippen LogP contribution in [0.1, 0.15) is 32.3 Å². The quantitative estimate of drug-likeness (QED) is 0.535. The number of nitrogens with one attached hydrogen (secondary N) is 1. The number of nitrogens with zero attached hydrogens (tertiary/aromatic N) is 4. The molecule has 1 aromatic carbocycles. The van der Waals surface area contributed by atoms with E-state index in [-0.39, 0.29) is 11.8 Å². The highest BCUT2D eigenvalue weighted by molar-refractivity contribution is 5.95. The van der Waals surface area contributed by atoms with Crippen LogP contribution in [0, 0.1) is 0 Å². The number of hydrogen-bond donors (Lipinski definition) is 1. The fourth-order valence-electron chi connectivity index (χ4n) is 2.66. The van der Waals surface area contributed by atoms with Gasteiger partial charge in [-0.2, -0.15) is 5.10 Å². The molecule has 0 fully saturated rings. The standard InChI is InChI=1S/C20H17N5O2.C2H6/c1-14(15-7-3-2-4-8-15)20(26)23-17-13-18(25-11-6-10-21-25)24-19(22-17)16-9-5-12-27-16;1-2/h2-14H,1H3,(H,22,23,24,26);1-2H3. The lowest BCUT2D eigenvalue weighted by atomic mass is 10.0. The summed E-state index contributed by atoms with van der Waals surface area (Å²) >= 11 is 0. The van der Waals surface area contributed by atoms with E-state index in [0.29, 0.717) is 23.2 Å². The molecule has 0 bridgehead atoms. The van der Waals surface area contributed by atoms with E-state index < -0.39 is 0 Å². The number of furan rings is 1. The number of amides is 1. The molecule has 148 valence electrons. The summed E-state index contributed by atoms with van der Waals surface area (Å²) in [4.78, 5) is 21.6. The first-order chi connectivity index (χ1) is 14.2. The van der Waals surface area contributed by atoms with Crippen molar-refractivity contribution in [2.75, 3.05) is 5.32 Å². The SMILES string of the molecule is CC.CC(C(=O)Nc1cc(-n2cccn2)nc(-c2ccco2)n1)c1ccccc1. The monoisotopic (exact) mass is 389 g/mol. The average Bonchev–Trinajstić information content (AvgIpc) is 3.49. The molecular formula is C22H23N5O2. The molecule has 0 saturated heterocycles. The lowest BCUT2D eigenvalue weighted by molar-refractivity contribution is -0.117. The van der Waals surface area contributed by atoms with Gasteiger partial charge in [-0.05, 0) is 30.7 Å². The van der Waals surface area contributed by atoms with E-state index in [1.807, 2.05) is 51.1 Å². The number of anilines is 1. The van der Waals surface area contributed by atoms with Crippen LogP contribution in [0.4, 0.5) is 5.82 Å². The Morgan fingerprint density at radius 2 is 1.86 bits per heavy atom. The van der Waals surface area contributed by atoms with Gasteiger partial charge in [-0.1, -0.05) is 44.2 Å². The van der Waals surface area contributed by atoms with E-state index >= 15 is 0 Å². The molecule has 7 heteroatoms. The topological polar surface area (TPSA) is 85.8 Å². The predicted molar refractivity (Wildman–Crippen MR) is 112 cm³/mol. The van der Waals surface area contributed by atoms with Crippen molar-refractivity contribution in [3.63, 3.8) is 0 Å². The van der Waals surface area contributed by atoms with Crippen molar-refractivity contribution in [1.29, 1.82) is 0 Å². The van der Waals surface area contributed by atoms with Gasteiger partial charge >= 0.3 is 0 Å². The number of aromatic nitrogens is 4. The minimum atomic E-state index is -0.318. The van der Waals surface area contributed by atoms with Gasteiger partial charge in [0, 0.05) is 18.5 Å². The lowest BCUT2D eigenvalue weighted by Gasteiger charge is -2.13. The molecule has 1 amide bonds. The second-order valence-electron chi connectivity index (χ2n) is 5.98. The van der Waals surface area contributed by atoms with Crippen molar-refractivity contribution in [1.82, 2.24) is 19.7 Å². The number of carbonyl (C=O) groups excluding carboxylic acids is 1. The molecule has 3 heterocycles. The van der Waals surface area contributed by atoms with Crippen LogP contribution in [-0.2, 0) is 4.79 Å². The van der Waals surface area contributed by atoms with E-state index in [1.165, 1.54) is 0 Å². The third-order valence-electron chi connectivity index (χ3n) is 4.14. The van der Waals surface area contributed by atoms with E-state index in [4.69, 9.17) is 4.42 Å². The van der Waals surface area contributed by atoms with Crippen LogP contribution in [-0.4, -0.2) is 25.7 Å². The highest BCUT2D eigenvalue weighted by atomic mass is 16.3. The Hall–Kier alpha value is -3.74. The Morgan fingerprint density at radius 3 is 2.52 bits per heavy atom. The van der Waals surface area contributed by atoms with Gasteiger partial charge < -0.3 is 9.73 Å². The maximum Gasteiger partial charge on any atom is 0.232 e. The van der Waals surface area contributed by atoms with Crippen molar-refractivity contribution < 1.29 is 9.21 Å². The summed E-state index contributed by atoms with van der Waals surface area (Å²) in [6.07, 6.45) is 4.98. The van der Waals surface area contributed by atoms with Crippen molar-refractivity contribution >= 4 is 11.7 Å². The lowest BCUT2D eigenvalue weighted by Crippen LogP contribution is -2.20. The van der Waals surface area contributed by atoms with Crippen molar-refractivity contribution in [3.8, 4) is 17.4 Å². The van der Waals surface area contributed by atoms with E-state index in [1.54, 1.807) is 47.6 Å². The molecule has 1 unspecified atom stereocenters. The maximum atomic E-state index is 12.7. The largest absolute Gasteiger partial charge is 0.461 e. The van der Waals surface area contributed by atoms with E-state index in [0.717, 1.165) is 5.56 Å². The fraction of sp³-hybridized carbons (Fsp3) is 0.182. The maximum absolute atomic E-state index is 12.7. The molecule has 29 heavy (non-hydrogen) atoms. The number of rotatable bonds is 5. The van der Waals surface area contributed by atoms with Crippen LogP contribution in [0.5, 0.6) is 0 Å². The summed E-state index contributed by atoms with van der Waals surface area (Å²) in [7, 11) is 0. The van der Waals surface area contributed by atoms with Gasteiger partial charge in [0.1, 0.15) is 5.82 Å². The molecular weight excluding hydrogens is 366 g/mol. The van der Waals surface area contributed by atoms with Crippen LogP contribution in [0.3, 0.4) is 0 Å². The highest BCUT2D eigenvalue weighted by Crippen LogP contribution is 2.22. The smallest absolute Gasteiger partial charge is 0.232 e. The number of carbonyl (C=O) groups is 1. The zero-order chi connectivity index (χ0) is 20.6. The van der Waals surface area contributed by atoms with Gasteiger partial charge in [-0.3, -0.25) is 4.79 Å². The van der Waals surface area contributed by atoms with Crippen LogP contribution in [0.25, 0.3) is 17.4 Å². The van der Waals surface area contributed by atoms with Gasteiger partial charge in [0.2, 0.25) is 5.91 Å². The first kappa shape index (κ1) is 20.0. The highest BCUT2D eigenvalue weighted by Gasteiger charge is 2.17. The molecule has 1 atom stereocenters. The average molecular weight is 389 g/mol. The molecule has 4 rings (SSSR count). The minimum absolute atomic E-state index is 0.156. The second kappa shape index (κ2) is 9.45. The number of benzene rings is 1. The first-order valence-electron chi connectivity index (χ1n) is 9.49. The summed E-state index contributed by atoms with van der Waals surface area (Å²) in [5.41, 5.74) is 0.933. The zero-order valence-electron chi connectivity index (χ0n) is 16.6. The molecule has 0 radical (unpaired) electrons. The molecule has 0 aliphatic rings. The fourth-order valence-corrected chi connectivity index (χ4v) is 2.66. The third-order valence-corrected chi connectivity index (χ3v) is 4.14. The van der Waals surface area contributed by atoms with Gasteiger partial charge in [-0.15, -0.1) is 0 Å². The zero-order valence-corrected chi connectivity index (χ0v) is 16.6. The molecule has 4 aromatic rings. The molecule has 0 aliphatic carbocycles. The van der Waals surface area contributed by atoms with Gasteiger partial charge in [-0.25, -0.2) is 14.6 Å². The Kier molecular flexibility index (Phi) is 6.52. The molecule has 0 saturated carbocycles. The third kappa shape index (κ3) is 4.76. The number of hydrogen-bond acceptors (Lipinski definition) is 5. The van der Waals surface area contributed by atoms with Crippen molar-refractivity contribution in [2.24, 2.45) is 0 Å². The summed E-state index contributed by atoms with van der Waals surface area (Å²) < 4.78 is 7.00. The molecule has 1 N–H and O–H groups in total. The second-order valence-corrected chi connectivity index (χ2v) is 5.98. The van der Waals surface area contributed by atoms with Gasteiger partial charge in [0.05, 0.1) is 12.2 Å². The van der Waals surface area contributed by atoms with Crippen molar-refractivity contribution in [3.05, 3.63) is 78.8 Å². The summed E-state index contributed by atoms with van der Waals surface area (Å²) in [6, 6.07) is 16.6. The Morgan fingerprint density at radius 1 is 1.07 bits per heavy atom. The summed E-state index contributed by atoms with van der Waals surface area (Å²) in [5.74, 6) is 1.32. The Labute approximate surface area is 169 Å². The van der Waals surface area contributed by atoms with Gasteiger partial charge in [0.15, 0.2) is 17.4 Å². The summed E-state index contributed by atoms with van der Waals surface area (Å²) in [6.45, 7) is 5.85. The molecule has 0 spiro atoms. The van der Waals surface area contributed by atoms with E-state index in [9.17, 15) is 4.79 Å². The Balaban J connectivity index is 0.00000117. The molecule has 3 aromatic heterocycles. The first-order valence-corrected chi connectivity index (χ1v) is 9.49. The Bertz CT molecular complexity index is 976. The molecule has 0 aliphatic heterocycles. The summed E-state index contributed by atoms with van der Waals surface area (Å²) in [5, 5.41) is 7.07. The predicted octanol–water partition coefficient (Wildman–Crippen LogP) is 4.69. The van der Waals surface area contributed by atoms with Crippen LogP contribution < -0.4 is 5.32 Å². The van der Waals surface area contributed by atoms with Crippen molar-refractivity contribution in [2.45, 2.75) is 26.7 Å². The minimum Gasteiger partial charge on any atom is -0.461 e.